The Labute approximate surface area is 77.3 Å². The lowest BCUT2D eigenvalue weighted by Gasteiger charge is -2.00. The molecule has 0 aliphatic carbocycles. The summed E-state index contributed by atoms with van der Waals surface area (Å²) in [5, 5.41) is 0. The summed E-state index contributed by atoms with van der Waals surface area (Å²) < 4.78 is 0. The van der Waals surface area contributed by atoms with E-state index in [9.17, 15) is 4.79 Å². The number of hydrogen-bond acceptors (Lipinski definition) is 3. The molecule has 0 aliphatic rings. The summed E-state index contributed by atoms with van der Waals surface area (Å²) >= 11 is 0. The van der Waals surface area contributed by atoms with Crippen LogP contribution in [0.25, 0.3) is 0 Å². The molecule has 0 aliphatic heterocycles. The number of nitrogens with two attached hydrogens (primary N) is 1. The van der Waals surface area contributed by atoms with Gasteiger partial charge < -0.3 is 5.73 Å². The van der Waals surface area contributed by atoms with Gasteiger partial charge >= 0.3 is 0 Å². The minimum absolute atomic E-state index is 0.0582. The molecule has 1 rings (SSSR count). The first-order chi connectivity index (χ1) is 6.15. The van der Waals surface area contributed by atoms with Gasteiger partial charge in [0.2, 0.25) is 0 Å². The van der Waals surface area contributed by atoms with Crippen molar-refractivity contribution < 1.29 is 4.79 Å². The van der Waals surface area contributed by atoms with Crippen molar-refractivity contribution in [3.05, 3.63) is 41.7 Å². The number of carbonyl (C=O) groups is 1. The van der Waals surface area contributed by atoms with Crippen LogP contribution in [0.5, 0.6) is 0 Å². The molecular weight excluding hydrogens is 164 g/mol. The molecular formula is C10H12N2O. The van der Waals surface area contributed by atoms with Gasteiger partial charge in [0, 0.05) is 18.3 Å². The number of ketones is 1. The third kappa shape index (κ3) is 2.23. The summed E-state index contributed by atoms with van der Waals surface area (Å²) in [6.07, 6.45) is 1.58. The molecule has 13 heavy (non-hydrogen) atoms. The molecule has 1 aromatic rings. The molecule has 0 radical (unpaired) electrons. The summed E-state index contributed by atoms with van der Waals surface area (Å²) in [7, 11) is 0. The maximum absolute atomic E-state index is 11.4. The molecule has 0 fully saturated rings. The molecule has 1 aromatic heterocycles. The molecule has 0 aromatic carbocycles. The number of aromatic nitrogens is 1. The number of nitrogens with zero attached hydrogens (tertiary/aromatic N) is 1. The average molecular weight is 176 g/mol. The zero-order chi connectivity index (χ0) is 9.84. The molecule has 68 valence electrons. The number of rotatable bonds is 3. The van der Waals surface area contributed by atoms with Crippen molar-refractivity contribution in [3.8, 4) is 0 Å². The van der Waals surface area contributed by atoms with Crippen molar-refractivity contribution in [1.82, 2.24) is 4.98 Å². The van der Waals surface area contributed by atoms with E-state index in [1.54, 1.807) is 25.3 Å². The van der Waals surface area contributed by atoms with E-state index in [1.807, 2.05) is 0 Å². The van der Waals surface area contributed by atoms with Crippen LogP contribution in [0.4, 0.5) is 0 Å². The minimum Gasteiger partial charge on any atom is -0.325 e. The fraction of sp³-hybridized carbons (Fsp3) is 0.200. The lowest BCUT2D eigenvalue weighted by molar-refractivity contribution is 0.103. The molecule has 3 nitrogen and oxygen atoms in total. The quantitative estimate of drug-likeness (QED) is 0.558. The number of allylic oxidation sites excluding steroid dienone is 1. The monoisotopic (exact) mass is 176 g/mol. The van der Waals surface area contributed by atoms with Gasteiger partial charge in [-0.1, -0.05) is 6.58 Å². The Bertz CT molecular complexity index is 345. The van der Waals surface area contributed by atoms with Crippen molar-refractivity contribution in [1.29, 1.82) is 0 Å². The van der Waals surface area contributed by atoms with Gasteiger partial charge in [-0.2, -0.15) is 0 Å². The Morgan fingerprint density at radius 3 is 2.92 bits per heavy atom. The van der Waals surface area contributed by atoms with Gasteiger partial charge in [0.15, 0.2) is 5.78 Å². The van der Waals surface area contributed by atoms with Crippen LogP contribution in [0.1, 0.15) is 23.0 Å². The summed E-state index contributed by atoms with van der Waals surface area (Å²) in [6, 6.07) is 3.35. The largest absolute Gasteiger partial charge is 0.325 e. The topological polar surface area (TPSA) is 56.0 Å². The van der Waals surface area contributed by atoms with E-state index in [2.05, 4.69) is 11.6 Å². The van der Waals surface area contributed by atoms with Crippen LogP contribution in [0.3, 0.4) is 0 Å². The second-order valence-electron chi connectivity index (χ2n) is 2.85. The van der Waals surface area contributed by atoms with E-state index in [1.165, 1.54) is 0 Å². The SMILES string of the molecule is C=C(C)C(=O)c1ccnc(CN)c1. The maximum atomic E-state index is 11.4. The van der Waals surface area contributed by atoms with E-state index in [4.69, 9.17) is 5.73 Å². The summed E-state index contributed by atoms with van der Waals surface area (Å²) in [5.41, 5.74) is 7.24. The highest BCUT2D eigenvalue weighted by Gasteiger charge is 2.06. The first-order valence-electron chi connectivity index (χ1n) is 4.00. The first kappa shape index (κ1) is 9.61. The van der Waals surface area contributed by atoms with Gasteiger partial charge in [-0.25, -0.2) is 0 Å². The Hall–Kier alpha value is -1.48. The van der Waals surface area contributed by atoms with Gasteiger partial charge in [0.1, 0.15) is 0 Å². The van der Waals surface area contributed by atoms with Gasteiger partial charge in [-0.15, -0.1) is 0 Å². The highest BCUT2D eigenvalue weighted by Crippen LogP contribution is 2.06. The maximum Gasteiger partial charge on any atom is 0.188 e. The van der Waals surface area contributed by atoms with Crippen molar-refractivity contribution >= 4 is 5.78 Å². The zero-order valence-corrected chi connectivity index (χ0v) is 7.58. The van der Waals surface area contributed by atoms with Crippen LogP contribution in [0, 0.1) is 0 Å². The van der Waals surface area contributed by atoms with Crippen molar-refractivity contribution in [3.63, 3.8) is 0 Å². The molecule has 0 saturated carbocycles. The van der Waals surface area contributed by atoms with Gasteiger partial charge in [-0.05, 0) is 24.6 Å². The molecule has 1 heterocycles. The zero-order valence-electron chi connectivity index (χ0n) is 7.58. The van der Waals surface area contributed by atoms with Crippen molar-refractivity contribution in [2.24, 2.45) is 5.73 Å². The van der Waals surface area contributed by atoms with Crippen LogP contribution in [0.15, 0.2) is 30.5 Å². The highest BCUT2D eigenvalue weighted by atomic mass is 16.1. The second-order valence-corrected chi connectivity index (χ2v) is 2.85. The second kappa shape index (κ2) is 3.96. The smallest absolute Gasteiger partial charge is 0.188 e. The highest BCUT2D eigenvalue weighted by molar-refractivity contribution is 6.07. The van der Waals surface area contributed by atoms with Crippen LogP contribution in [0.2, 0.25) is 0 Å². The fourth-order valence-electron chi connectivity index (χ4n) is 0.977. The van der Waals surface area contributed by atoms with E-state index < -0.39 is 0 Å². The lowest BCUT2D eigenvalue weighted by Crippen LogP contribution is -2.04. The van der Waals surface area contributed by atoms with Gasteiger partial charge in [0.05, 0.1) is 5.69 Å². The molecule has 0 spiro atoms. The molecule has 0 atom stereocenters. The van der Waals surface area contributed by atoms with Gasteiger partial charge in [0.25, 0.3) is 0 Å². The summed E-state index contributed by atoms with van der Waals surface area (Å²) in [4.78, 5) is 15.4. The standard InChI is InChI=1S/C10H12N2O/c1-7(2)10(13)8-3-4-12-9(5-8)6-11/h3-5H,1,6,11H2,2H3. The fourth-order valence-corrected chi connectivity index (χ4v) is 0.977. The third-order valence-electron chi connectivity index (χ3n) is 1.68. The number of hydrogen-bond donors (Lipinski definition) is 1. The first-order valence-corrected chi connectivity index (χ1v) is 4.00. The predicted molar refractivity (Wildman–Crippen MR) is 51.3 cm³/mol. The van der Waals surface area contributed by atoms with Crippen LogP contribution < -0.4 is 5.73 Å². The minimum atomic E-state index is -0.0582. The average Bonchev–Trinajstić information content (AvgIpc) is 2.16. The van der Waals surface area contributed by atoms with E-state index in [-0.39, 0.29) is 5.78 Å². The molecule has 0 saturated heterocycles. The van der Waals surface area contributed by atoms with E-state index >= 15 is 0 Å². The number of carbonyl (C=O) groups excluding carboxylic acids is 1. The molecule has 0 unspecified atom stereocenters. The van der Waals surface area contributed by atoms with E-state index in [0.29, 0.717) is 23.4 Å². The lowest BCUT2D eigenvalue weighted by atomic mass is 10.1. The van der Waals surface area contributed by atoms with Crippen molar-refractivity contribution in [2.45, 2.75) is 13.5 Å². The molecule has 2 N–H and O–H groups in total. The van der Waals surface area contributed by atoms with Gasteiger partial charge in [-0.3, -0.25) is 9.78 Å². The third-order valence-corrected chi connectivity index (χ3v) is 1.68. The Morgan fingerprint density at radius 1 is 1.69 bits per heavy atom. The van der Waals surface area contributed by atoms with Crippen LogP contribution in [-0.4, -0.2) is 10.8 Å². The Morgan fingerprint density at radius 2 is 2.38 bits per heavy atom. The Kier molecular flexibility index (Phi) is 2.93. The molecule has 3 heteroatoms. The number of Topliss-reactive ketones (excluding diaryl/α,β-unsaturated/α-hetero) is 1. The summed E-state index contributed by atoms with van der Waals surface area (Å²) in [6.45, 7) is 5.62. The Balaban J connectivity index is 3.02. The normalized spacial score (nSPS) is 9.69. The van der Waals surface area contributed by atoms with Crippen molar-refractivity contribution in [2.75, 3.05) is 0 Å². The predicted octanol–water partition coefficient (Wildman–Crippen LogP) is 1.30. The summed E-state index contributed by atoms with van der Waals surface area (Å²) in [5.74, 6) is -0.0582. The molecule has 0 bridgehead atoms. The van der Waals surface area contributed by atoms with Crippen LogP contribution >= 0.6 is 0 Å². The van der Waals surface area contributed by atoms with Crippen LogP contribution in [-0.2, 0) is 6.54 Å². The number of pyridine rings is 1. The van der Waals surface area contributed by atoms with E-state index in [0.717, 1.165) is 0 Å². The molecule has 0 amide bonds.